The third-order valence-electron chi connectivity index (χ3n) is 5.64. The normalized spacial score (nSPS) is 19.5. The highest BCUT2D eigenvalue weighted by Gasteiger charge is 2.33. The first kappa shape index (κ1) is 23.5. The summed E-state index contributed by atoms with van der Waals surface area (Å²) in [6.07, 6.45) is 2.76. The Balaban J connectivity index is 0.00000155. The number of benzene rings is 1. The summed E-state index contributed by atoms with van der Waals surface area (Å²) in [6.45, 7) is 5.56. The Morgan fingerprint density at radius 3 is 2.47 bits per heavy atom. The number of piperidine rings is 2. The molecule has 0 saturated carbocycles. The molecule has 1 aromatic rings. The fourth-order valence-electron chi connectivity index (χ4n) is 3.88. The van der Waals surface area contributed by atoms with Gasteiger partial charge in [-0.1, -0.05) is 19.9 Å². The van der Waals surface area contributed by atoms with Crippen LogP contribution in [0, 0.1) is 5.92 Å². The minimum Gasteiger partial charge on any atom is -0.396 e. The Kier molecular flexibility index (Phi) is 8.53. The molecule has 2 aliphatic heterocycles. The highest BCUT2D eigenvalue weighted by Crippen LogP contribution is 2.28. The molecule has 164 valence electrons. The van der Waals surface area contributed by atoms with Crippen LogP contribution in [0.4, 0.5) is 5.69 Å². The molecular formula is C22H31N3O5. The zero-order valence-electron chi connectivity index (χ0n) is 17.9. The van der Waals surface area contributed by atoms with E-state index >= 15 is 0 Å². The molecule has 1 unspecified atom stereocenters. The molecule has 0 spiro atoms. The van der Waals surface area contributed by atoms with E-state index in [4.69, 9.17) is 0 Å². The fraction of sp³-hybridized carbons (Fsp3) is 0.545. The van der Waals surface area contributed by atoms with Gasteiger partial charge in [0.05, 0.1) is 11.1 Å². The predicted octanol–water partition coefficient (Wildman–Crippen LogP) is 1.61. The van der Waals surface area contributed by atoms with Crippen LogP contribution in [0.15, 0.2) is 18.2 Å². The summed E-state index contributed by atoms with van der Waals surface area (Å²) < 4.78 is 0. The monoisotopic (exact) mass is 417 g/mol. The third kappa shape index (κ3) is 5.05. The van der Waals surface area contributed by atoms with Gasteiger partial charge in [-0.2, -0.15) is 0 Å². The number of likely N-dealkylation sites (N-methyl/N-ethyl adjacent to an activating group) is 1. The first-order chi connectivity index (χ1) is 14.5. The third-order valence-corrected chi connectivity index (χ3v) is 5.64. The number of aldehydes is 1. The molecular weight excluding hydrogens is 386 g/mol. The molecule has 8 nitrogen and oxygen atoms in total. The Bertz CT molecular complexity index is 787. The number of carbonyl (C=O) groups is 4. The summed E-state index contributed by atoms with van der Waals surface area (Å²) >= 11 is 0. The van der Waals surface area contributed by atoms with Crippen molar-refractivity contribution in [2.45, 2.75) is 45.6 Å². The number of aliphatic hydroxyl groups excluding tert-OH is 1. The summed E-state index contributed by atoms with van der Waals surface area (Å²) in [5.41, 5.74) is 1.23. The van der Waals surface area contributed by atoms with Gasteiger partial charge in [-0.3, -0.25) is 24.5 Å². The van der Waals surface area contributed by atoms with E-state index in [2.05, 4.69) is 10.2 Å². The van der Waals surface area contributed by atoms with Gasteiger partial charge in [0.15, 0.2) is 6.29 Å². The lowest BCUT2D eigenvalue weighted by Crippen LogP contribution is -2.53. The van der Waals surface area contributed by atoms with Crippen molar-refractivity contribution in [2.24, 2.45) is 5.92 Å². The lowest BCUT2D eigenvalue weighted by Gasteiger charge is -2.34. The summed E-state index contributed by atoms with van der Waals surface area (Å²) in [5, 5.41) is 11.6. The van der Waals surface area contributed by atoms with Crippen LogP contribution in [-0.2, 0) is 9.59 Å². The molecule has 2 fully saturated rings. The quantitative estimate of drug-likeness (QED) is 0.557. The summed E-state index contributed by atoms with van der Waals surface area (Å²) in [5.74, 6) is -1.01. The molecule has 3 amide bonds. The molecule has 2 N–H and O–H groups in total. The van der Waals surface area contributed by atoms with Gasteiger partial charge in [-0.15, -0.1) is 0 Å². The van der Waals surface area contributed by atoms with Crippen LogP contribution in [-0.4, -0.2) is 66.8 Å². The predicted molar refractivity (Wildman–Crippen MR) is 113 cm³/mol. The van der Waals surface area contributed by atoms with Crippen LogP contribution in [0.1, 0.15) is 60.2 Å². The van der Waals surface area contributed by atoms with Crippen molar-refractivity contribution < 1.29 is 24.3 Å². The van der Waals surface area contributed by atoms with Gasteiger partial charge in [0.25, 0.3) is 5.91 Å². The average molecular weight is 418 g/mol. The van der Waals surface area contributed by atoms with Gasteiger partial charge in [0.1, 0.15) is 6.04 Å². The molecule has 0 bridgehead atoms. The van der Waals surface area contributed by atoms with Crippen molar-refractivity contribution in [3.8, 4) is 0 Å². The van der Waals surface area contributed by atoms with Gasteiger partial charge in [-0.05, 0) is 37.3 Å². The van der Waals surface area contributed by atoms with Crippen LogP contribution in [0.25, 0.3) is 0 Å². The van der Waals surface area contributed by atoms with Gasteiger partial charge in [0, 0.05) is 38.9 Å². The molecule has 2 saturated heterocycles. The molecule has 2 aliphatic rings. The summed E-state index contributed by atoms with van der Waals surface area (Å²) in [4.78, 5) is 51.7. The number of carbonyl (C=O) groups excluding carboxylic acids is 4. The van der Waals surface area contributed by atoms with E-state index in [1.54, 1.807) is 12.1 Å². The van der Waals surface area contributed by atoms with Crippen LogP contribution in [0.5, 0.6) is 0 Å². The molecule has 0 aromatic heterocycles. The number of nitrogens with zero attached hydrogens (tertiary/aromatic N) is 2. The lowest BCUT2D eigenvalue weighted by atomic mass is 9.95. The van der Waals surface area contributed by atoms with E-state index in [-0.39, 0.29) is 36.8 Å². The van der Waals surface area contributed by atoms with Crippen molar-refractivity contribution in [1.82, 2.24) is 10.2 Å². The summed E-state index contributed by atoms with van der Waals surface area (Å²) in [7, 11) is 1.51. The maximum atomic E-state index is 13.0. The second-order valence-corrected chi connectivity index (χ2v) is 7.35. The van der Waals surface area contributed by atoms with E-state index < -0.39 is 17.9 Å². The van der Waals surface area contributed by atoms with E-state index in [1.165, 1.54) is 11.9 Å². The number of rotatable bonds is 5. The first-order valence-electron chi connectivity index (χ1n) is 10.5. The van der Waals surface area contributed by atoms with E-state index in [1.807, 2.05) is 19.9 Å². The molecule has 0 radical (unpaired) electrons. The van der Waals surface area contributed by atoms with Crippen LogP contribution in [0.2, 0.25) is 0 Å². The number of anilines is 1. The number of aliphatic hydroxyl groups is 1. The van der Waals surface area contributed by atoms with Crippen molar-refractivity contribution >= 4 is 29.7 Å². The highest BCUT2D eigenvalue weighted by molar-refractivity contribution is 6.07. The number of imide groups is 1. The molecule has 2 heterocycles. The van der Waals surface area contributed by atoms with Gasteiger partial charge >= 0.3 is 0 Å². The average Bonchev–Trinajstić information content (AvgIpc) is 2.79. The van der Waals surface area contributed by atoms with E-state index in [0.717, 1.165) is 12.8 Å². The molecule has 30 heavy (non-hydrogen) atoms. The fourth-order valence-corrected chi connectivity index (χ4v) is 3.88. The molecule has 1 atom stereocenters. The van der Waals surface area contributed by atoms with Crippen molar-refractivity contribution in [3.63, 3.8) is 0 Å². The largest absolute Gasteiger partial charge is 0.396 e. The van der Waals surface area contributed by atoms with Crippen molar-refractivity contribution in [1.29, 1.82) is 0 Å². The Morgan fingerprint density at radius 2 is 1.90 bits per heavy atom. The van der Waals surface area contributed by atoms with E-state index in [9.17, 15) is 24.3 Å². The van der Waals surface area contributed by atoms with Gasteiger partial charge in [0.2, 0.25) is 11.8 Å². The van der Waals surface area contributed by atoms with Crippen LogP contribution < -0.4 is 10.2 Å². The molecule has 1 aromatic carbocycles. The first-order valence-corrected chi connectivity index (χ1v) is 10.5. The highest BCUT2D eigenvalue weighted by atomic mass is 16.3. The maximum absolute atomic E-state index is 13.0. The molecule has 3 rings (SSSR count). The van der Waals surface area contributed by atoms with Gasteiger partial charge < -0.3 is 14.9 Å². The summed E-state index contributed by atoms with van der Waals surface area (Å²) in [6, 6.07) is 4.38. The Morgan fingerprint density at radius 1 is 1.23 bits per heavy atom. The molecule has 8 heteroatoms. The van der Waals surface area contributed by atoms with Crippen LogP contribution in [0.3, 0.4) is 0 Å². The number of hydrogen-bond donors (Lipinski definition) is 2. The van der Waals surface area contributed by atoms with Gasteiger partial charge in [-0.25, -0.2) is 0 Å². The van der Waals surface area contributed by atoms with Crippen molar-refractivity contribution in [3.05, 3.63) is 29.3 Å². The SMILES string of the molecule is CC.CN(C(=O)c1cccc(N2CCC(CO)CC2)c1C=O)C1CCC(=O)NC1=O. The second kappa shape index (κ2) is 10.9. The standard InChI is InChI=1S/C20H25N3O5.C2H6/c1-22(17-5-6-18(26)21-19(17)27)20(28)14-3-2-4-16(15(14)12-25)23-9-7-13(11-24)8-10-23;1-2/h2-4,12-13,17,24H,5-11H2,1H3,(H,21,26,27);1-2H3. The zero-order valence-corrected chi connectivity index (χ0v) is 17.9. The number of hydrogen-bond acceptors (Lipinski definition) is 6. The molecule has 0 aliphatic carbocycles. The van der Waals surface area contributed by atoms with E-state index in [0.29, 0.717) is 30.6 Å². The number of nitrogens with one attached hydrogen (secondary N) is 1. The second-order valence-electron chi connectivity index (χ2n) is 7.35. The smallest absolute Gasteiger partial charge is 0.255 e. The lowest BCUT2D eigenvalue weighted by molar-refractivity contribution is -0.136. The Hall–Kier alpha value is -2.74. The minimum absolute atomic E-state index is 0.156. The Labute approximate surface area is 177 Å². The number of amides is 3. The van der Waals surface area contributed by atoms with Crippen molar-refractivity contribution in [2.75, 3.05) is 31.6 Å². The zero-order chi connectivity index (χ0) is 22.3. The maximum Gasteiger partial charge on any atom is 0.255 e. The van der Waals surface area contributed by atoms with Crippen LogP contribution >= 0.6 is 0 Å². The minimum atomic E-state index is -0.742. The topological polar surface area (TPSA) is 107 Å².